The van der Waals surface area contributed by atoms with Gasteiger partial charge in [0.1, 0.15) is 17.3 Å². The number of aromatic carboxylic acids is 1. The third kappa shape index (κ3) is 4.40. The van der Waals surface area contributed by atoms with Crippen LogP contribution in [0, 0.1) is 11.3 Å². The smallest absolute Gasteiger partial charge is 0.352 e. The maximum atomic E-state index is 12.6. The van der Waals surface area contributed by atoms with E-state index in [1.165, 1.54) is 22.8 Å². The molecule has 8 heteroatoms. The molecule has 0 aliphatic carbocycles. The predicted molar refractivity (Wildman–Crippen MR) is 101 cm³/mol. The van der Waals surface area contributed by atoms with E-state index in [1.807, 2.05) is 0 Å². The number of esters is 1. The average Bonchev–Trinajstić information content (AvgIpc) is 2.96. The Hall–Kier alpha value is -3.44. The molecule has 0 aliphatic rings. The average molecular weight is 384 g/mol. The molecule has 1 heterocycles. The molecule has 7 nitrogen and oxygen atoms in total. The fourth-order valence-electron chi connectivity index (χ4n) is 2.25. The molecule has 2 aromatic rings. The topological polar surface area (TPSA) is 109 Å². The highest BCUT2D eigenvalue weighted by atomic mass is 32.1. The van der Waals surface area contributed by atoms with Gasteiger partial charge >= 0.3 is 11.9 Å². The maximum absolute atomic E-state index is 12.6. The number of benzene rings is 1. The summed E-state index contributed by atoms with van der Waals surface area (Å²) in [6.07, 6.45) is 2.96. The van der Waals surface area contributed by atoms with Gasteiger partial charge in [0.05, 0.1) is 10.1 Å². The number of hydrogen-bond donors (Lipinski definition) is 1. The molecule has 2 rings (SSSR count). The van der Waals surface area contributed by atoms with Gasteiger partial charge in [-0.3, -0.25) is 9.36 Å². The molecular weight excluding hydrogens is 368 g/mol. The highest BCUT2D eigenvalue weighted by molar-refractivity contribution is 7.07. The van der Waals surface area contributed by atoms with Crippen LogP contribution in [-0.2, 0) is 16.1 Å². The van der Waals surface area contributed by atoms with Crippen LogP contribution in [0.1, 0.15) is 22.8 Å². The van der Waals surface area contributed by atoms with E-state index in [-0.39, 0.29) is 34.5 Å². The molecule has 27 heavy (non-hydrogen) atoms. The monoisotopic (exact) mass is 384 g/mol. The van der Waals surface area contributed by atoms with Crippen LogP contribution in [0.3, 0.4) is 0 Å². The molecule has 0 spiro atoms. The van der Waals surface area contributed by atoms with Crippen molar-refractivity contribution in [3.05, 3.63) is 67.6 Å². The van der Waals surface area contributed by atoms with Crippen molar-refractivity contribution < 1.29 is 19.4 Å². The zero-order valence-electron chi connectivity index (χ0n) is 14.5. The fraction of sp³-hybridized carbons (Fsp3) is 0.158. The quantitative estimate of drug-likeness (QED) is 0.584. The van der Waals surface area contributed by atoms with Crippen LogP contribution < -0.4 is 14.8 Å². The minimum Gasteiger partial charge on any atom is -0.478 e. The summed E-state index contributed by atoms with van der Waals surface area (Å²) in [4.78, 5) is 35.6. The first kappa shape index (κ1) is 19.9. The van der Waals surface area contributed by atoms with Crippen LogP contribution in [0.2, 0.25) is 0 Å². The van der Waals surface area contributed by atoms with Crippen LogP contribution in [0.15, 0.2) is 41.7 Å². The lowest BCUT2D eigenvalue weighted by molar-refractivity contribution is -0.135. The van der Waals surface area contributed by atoms with E-state index in [4.69, 9.17) is 9.84 Å². The van der Waals surface area contributed by atoms with Gasteiger partial charge in [0.2, 0.25) is 0 Å². The third-order valence-corrected chi connectivity index (χ3v) is 4.67. The summed E-state index contributed by atoms with van der Waals surface area (Å²) in [6, 6.07) is 7.82. The number of carboxylic acids is 1. The highest BCUT2D eigenvalue weighted by Gasteiger charge is 2.16. The number of carbonyl (C=O) groups is 2. The van der Waals surface area contributed by atoms with Crippen molar-refractivity contribution in [2.75, 3.05) is 6.61 Å². The van der Waals surface area contributed by atoms with E-state index >= 15 is 0 Å². The summed E-state index contributed by atoms with van der Waals surface area (Å²) >= 11 is 1.00. The van der Waals surface area contributed by atoms with Crippen molar-refractivity contribution in [3.63, 3.8) is 0 Å². The first-order valence-electron chi connectivity index (χ1n) is 7.90. The minimum atomic E-state index is -1.04. The minimum absolute atomic E-state index is 0.0410. The van der Waals surface area contributed by atoms with Crippen LogP contribution in [-0.4, -0.2) is 28.2 Å². The summed E-state index contributed by atoms with van der Waals surface area (Å²) in [5.74, 6) is -1.86. The molecule has 0 saturated heterocycles. The molecule has 0 amide bonds. The molecule has 0 bridgehead atoms. The lowest BCUT2D eigenvalue weighted by Gasteiger charge is -2.00. The van der Waals surface area contributed by atoms with Gasteiger partial charge in [-0.2, -0.15) is 5.26 Å². The second-order valence-corrected chi connectivity index (χ2v) is 6.30. The Morgan fingerprint density at radius 3 is 2.56 bits per heavy atom. The lowest BCUT2D eigenvalue weighted by Crippen LogP contribution is -2.32. The number of carbonyl (C=O) groups excluding carboxylic acids is 1. The lowest BCUT2D eigenvalue weighted by atomic mass is 10.1. The van der Waals surface area contributed by atoms with Crippen LogP contribution in [0.25, 0.3) is 11.6 Å². The molecule has 0 atom stereocenters. The van der Waals surface area contributed by atoms with Crippen molar-refractivity contribution in [1.82, 2.24) is 4.57 Å². The van der Waals surface area contributed by atoms with Crippen LogP contribution in [0.4, 0.5) is 0 Å². The van der Waals surface area contributed by atoms with Gasteiger partial charge in [0.15, 0.2) is 5.57 Å². The Labute approximate surface area is 158 Å². The highest BCUT2D eigenvalue weighted by Crippen LogP contribution is 2.05. The number of hydrogen-bond acceptors (Lipinski definition) is 6. The van der Waals surface area contributed by atoms with Crippen LogP contribution in [0.5, 0.6) is 0 Å². The van der Waals surface area contributed by atoms with Gasteiger partial charge in [-0.15, -0.1) is 11.3 Å². The Morgan fingerprint density at radius 1 is 1.37 bits per heavy atom. The zero-order valence-corrected chi connectivity index (χ0v) is 15.3. The van der Waals surface area contributed by atoms with E-state index in [0.29, 0.717) is 10.1 Å². The third-order valence-electron chi connectivity index (χ3n) is 3.54. The number of nitriles is 1. The Bertz CT molecular complexity index is 1100. The maximum Gasteiger partial charge on any atom is 0.352 e. The molecule has 1 aromatic carbocycles. The van der Waals surface area contributed by atoms with Crippen molar-refractivity contribution in [1.29, 1.82) is 5.26 Å². The predicted octanol–water partition coefficient (Wildman–Crippen LogP) is 0.860. The van der Waals surface area contributed by atoms with E-state index in [0.717, 1.165) is 11.3 Å². The van der Waals surface area contributed by atoms with Gasteiger partial charge in [-0.25, -0.2) is 9.59 Å². The molecule has 0 aliphatic heterocycles. The Morgan fingerprint density at radius 2 is 2.04 bits per heavy atom. The molecule has 0 fully saturated rings. The number of ether oxygens (including phenoxy) is 1. The molecule has 1 aromatic heterocycles. The molecular formula is C19H16N2O5S. The second-order valence-electron chi connectivity index (χ2n) is 5.27. The standard InChI is InChI=1S/C19H16N2O5S/c1-3-9-26-19(25)14(11-20)17-21(4-2)16(22)15(27-17)10-12-5-7-13(8-6-12)18(23)24/h3,5-8,10H,1,4,9H2,2H3,(H,23,24). The summed E-state index contributed by atoms with van der Waals surface area (Å²) in [7, 11) is 0. The number of nitrogens with zero attached hydrogens (tertiary/aromatic N) is 2. The van der Waals surface area contributed by atoms with Gasteiger partial charge in [0.25, 0.3) is 5.56 Å². The van der Waals surface area contributed by atoms with Gasteiger partial charge in [0, 0.05) is 6.54 Å². The molecule has 0 radical (unpaired) electrons. The van der Waals surface area contributed by atoms with Gasteiger partial charge < -0.3 is 9.84 Å². The zero-order chi connectivity index (χ0) is 20.0. The van der Waals surface area contributed by atoms with E-state index in [2.05, 4.69) is 6.58 Å². The van der Waals surface area contributed by atoms with E-state index < -0.39 is 11.9 Å². The number of rotatable bonds is 6. The normalized spacial score (nSPS) is 12.2. The SMILES string of the molecule is C=CCOC(=O)C(C#N)=c1sc(=Cc2ccc(C(=O)O)cc2)c(=O)n1CC. The summed E-state index contributed by atoms with van der Waals surface area (Å²) in [5, 5.41) is 18.3. The molecule has 1 N–H and O–H groups in total. The van der Waals surface area contributed by atoms with Gasteiger partial charge in [-0.05, 0) is 30.7 Å². The largest absolute Gasteiger partial charge is 0.478 e. The molecule has 0 unspecified atom stereocenters. The number of carboxylic acid groups (broad SMARTS) is 1. The summed E-state index contributed by atoms with van der Waals surface area (Å²) < 4.78 is 6.77. The first-order chi connectivity index (χ1) is 12.9. The Balaban J connectivity index is 2.64. The molecule has 138 valence electrons. The summed E-state index contributed by atoms with van der Waals surface area (Å²) in [6.45, 7) is 5.41. The molecule has 0 saturated carbocycles. The van der Waals surface area contributed by atoms with Crippen molar-refractivity contribution in [3.8, 4) is 6.07 Å². The number of aromatic nitrogens is 1. The van der Waals surface area contributed by atoms with Crippen molar-refractivity contribution in [2.24, 2.45) is 0 Å². The van der Waals surface area contributed by atoms with Gasteiger partial charge in [-0.1, -0.05) is 24.8 Å². The first-order valence-corrected chi connectivity index (χ1v) is 8.71. The fourth-order valence-corrected chi connectivity index (χ4v) is 3.41. The van der Waals surface area contributed by atoms with E-state index in [1.54, 1.807) is 31.2 Å². The second kappa shape index (κ2) is 8.78. The van der Waals surface area contributed by atoms with Crippen LogP contribution >= 0.6 is 11.3 Å². The summed E-state index contributed by atoms with van der Waals surface area (Å²) in [5.41, 5.74) is 0.168. The van der Waals surface area contributed by atoms with Crippen molar-refractivity contribution >= 4 is 34.9 Å². The Kier molecular flexibility index (Phi) is 6.46. The number of thiazole rings is 1. The van der Waals surface area contributed by atoms with E-state index in [9.17, 15) is 19.6 Å². The van der Waals surface area contributed by atoms with Crippen molar-refractivity contribution in [2.45, 2.75) is 13.5 Å².